The highest BCUT2D eigenvalue weighted by atomic mass is 16.7. The Morgan fingerprint density at radius 2 is 1.89 bits per heavy atom. The third-order valence-corrected chi connectivity index (χ3v) is 5.68. The summed E-state index contributed by atoms with van der Waals surface area (Å²) in [7, 11) is 1.57. The van der Waals surface area contributed by atoms with Crippen LogP contribution in [0.4, 0.5) is 0 Å². The number of carbonyl (C=O) groups excluding carboxylic acids is 1. The number of ether oxygens (including phenoxy) is 5. The van der Waals surface area contributed by atoms with Gasteiger partial charge in [0, 0.05) is 23.3 Å². The quantitative estimate of drug-likeness (QED) is 0.208. The number of aromatic nitrogens is 1. The average molecular weight is 511 g/mol. The van der Waals surface area contributed by atoms with Gasteiger partial charge in [-0.05, 0) is 55.0 Å². The first kappa shape index (κ1) is 24.5. The monoisotopic (exact) mass is 510 g/mol. The minimum Gasteiger partial charge on any atom is -0.497 e. The molecule has 0 spiro atoms. The van der Waals surface area contributed by atoms with Crippen molar-refractivity contribution < 1.29 is 32.9 Å². The zero-order valence-corrected chi connectivity index (χ0v) is 20.6. The summed E-state index contributed by atoms with van der Waals surface area (Å²) in [6.45, 7) is 2.07. The number of nitriles is 1. The molecule has 0 saturated heterocycles. The third kappa shape index (κ3) is 4.88. The van der Waals surface area contributed by atoms with Gasteiger partial charge in [-0.25, -0.2) is 9.78 Å². The van der Waals surface area contributed by atoms with E-state index >= 15 is 0 Å². The summed E-state index contributed by atoms with van der Waals surface area (Å²) < 4.78 is 33.0. The van der Waals surface area contributed by atoms with Crippen molar-refractivity contribution in [2.24, 2.45) is 0 Å². The van der Waals surface area contributed by atoms with E-state index < -0.39 is 5.97 Å². The predicted molar refractivity (Wildman–Crippen MR) is 137 cm³/mol. The largest absolute Gasteiger partial charge is 0.497 e. The zero-order valence-electron chi connectivity index (χ0n) is 20.6. The van der Waals surface area contributed by atoms with E-state index in [1.165, 1.54) is 12.3 Å². The van der Waals surface area contributed by atoms with E-state index in [0.29, 0.717) is 51.1 Å². The van der Waals surface area contributed by atoms with E-state index in [-0.39, 0.29) is 24.8 Å². The molecule has 0 unspecified atom stereocenters. The fraction of sp³-hybridized carbons (Fsp3) is 0.138. The molecule has 0 saturated carbocycles. The molecule has 9 heteroatoms. The number of methoxy groups -OCH3 is 1. The molecule has 2 aromatic heterocycles. The summed E-state index contributed by atoms with van der Waals surface area (Å²) in [5.74, 6) is 2.11. The first-order chi connectivity index (χ1) is 18.6. The van der Waals surface area contributed by atoms with Gasteiger partial charge in [0.05, 0.1) is 20.0 Å². The Hall–Kier alpha value is -5.23. The summed E-state index contributed by atoms with van der Waals surface area (Å²) in [6, 6.07) is 18.0. The van der Waals surface area contributed by atoms with Crippen molar-refractivity contribution in [3.8, 4) is 57.5 Å². The zero-order chi connectivity index (χ0) is 26.5. The Balaban J connectivity index is 1.73. The van der Waals surface area contributed by atoms with Gasteiger partial charge in [-0.3, -0.25) is 0 Å². The molecular weight excluding hydrogens is 488 g/mol. The molecule has 0 amide bonds. The molecule has 0 atom stereocenters. The first-order valence-electron chi connectivity index (χ1n) is 11.7. The lowest BCUT2D eigenvalue weighted by molar-refractivity contribution is -0.137. The molecule has 2 aromatic carbocycles. The van der Waals surface area contributed by atoms with Gasteiger partial charge in [0.15, 0.2) is 17.3 Å². The first-order valence-corrected chi connectivity index (χ1v) is 11.7. The number of carbonyl (C=O) groups is 1. The standard InChI is InChI=1S/C29H22N2O7/c1-3-34-26(32)13-11-21-27(18-6-8-19(33-2)9-7-18)22(16-30)29(31-28(21)24-5-4-14-35-24)38-20-10-12-23-25(15-20)37-17-36-23/h4-15H,3,17H2,1-2H3. The Kier molecular flexibility index (Phi) is 6.95. The number of nitrogens with zero attached hydrogens (tertiary/aromatic N) is 2. The van der Waals surface area contributed by atoms with Crippen molar-refractivity contribution in [2.75, 3.05) is 20.5 Å². The minimum absolute atomic E-state index is 0.0527. The van der Waals surface area contributed by atoms with Crippen LogP contribution >= 0.6 is 0 Å². The molecule has 3 heterocycles. The van der Waals surface area contributed by atoms with E-state index in [1.54, 1.807) is 62.6 Å². The summed E-state index contributed by atoms with van der Waals surface area (Å²) in [5, 5.41) is 10.3. The van der Waals surface area contributed by atoms with Gasteiger partial charge in [0.2, 0.25) is 12.7 Å². The molecule has 0 radical (unpaired) electrons. The molecule has 1 aliphatic rings. The van der Waals surface area contributed by atoms with Gasteiger partial charge < -0.3 is 28.1 Å². The molecular formula is C29H22N2O7. The molecule has 0 fully saturated rings. The smallest absolute Gasteiger partial charge is 0.330 e. The fourth-order valence-corrected chi connectivity index (χ4v) is 3.97. The summed E-state index contributed by atoms with van der Waals surface area (Å²) in [6.07, 6.45) is 4.37. The second-order valence-corrected chi connectivity index (χ2v) is 7.95. The van der Waals surface area contributed by atoms with Crippen molar-refractivity contribution in [3.05, 3.63) is 78.1 Å². The molecule has 4 aromatic rings. The van der Waals surface area contributed by atoms with Crippen LogP contribution in [0.25, 0.3) is 28.7 Å². The van der Waals surface area contributed by atoms with Gasteiger partial charge in [0.25, 0.3) is 0 Å². The van der Waals surface area contributed by atoms with Gasteiger partial charge in [-0.1, -0.05) is 12.1 Å². The number of pyridine rings is 1. The van der Waals surface area contributed by atoms with Crippen LogP contribution in [0.2, 0.25) is 0 Å². The molecule has 0 bridgehead atoms. The number of fused-ring (bicyclic) bond motifs is 1. The molecule has 0 N–H and O–H groups in total. The molecule has 9 nitrogen and oxygen atoms in total. The van der Waals surface area contributed by atoms with Crippen LogP contribution in [-0.4, -0.2) is 31.5 Å². The van der Waals surface area contributed by atoms with E-state index in [9.17, 15) is 10.1 Å². The predicted octanol–water partition coefficient (Wildman–Crippen LogP) is 5.99. The van der Waals surface area contributed by atoms with Crippen molar-refractivity contribution in [1.29, 1.82) is 5.26 Å². The summed E-state index contributed by atoms with van der Waals surface area (Å²) >= 11 is 0. The second-order valence-electron chi connectivity index (χ2n) is 7.95. The lowest BCUT2D eigenvalue weighted by atomic mass is 9.93. The maximum absolute atomic E-state index is 12.2. The number of rotatable bonds is 8. The third-order valence-electron chi connectivity index (χ3n) is 5.68. The Morgan fingerprint density at radius 1 is 1.11 bits per heavy atom. The molecule has 1 aliphatic heterocycles. The van der Waals surface area contributed by atoms with Crippen molar-refractivity contribution in [3.63, 3.8) is 0 Å². The van der Waals surface area contributed by atoms with Crippen molar-refractivity contribution in [2.45, 2.75) is 6.92 Å². The van der Waals surface area contributed by atoms with E-state index in [4.69, 9.17) is 28.1 Å². The highest BCUT2D eigenvalue weighted by Crippen LogP contribution is 2.42. The average Bonchev–Trinajstić information content (AvgIpc) is 3.64. The number of hydrogen-bond donors (Lipinski definition) is 0. The van der Waals surface area contributed by atoms with Crippen LogP contribution in [0.1, 0.15) is 18.1 Å². The van der Waals surface area contributed by atoms with E-state index in [2.05, 4.69) is 11.1 Å². The van der Waals surface area contributed by atoms with Crippen molar-refractivity contribution in [1.82, 2.24) is 4.98 Å². The van der Waals surface area contributed by atoms with Gasteiger partial charge in [-0.2, -0.15) is 5.26 Å². The van der Waals surface area contributed by atoms with Gasteiger partial charge >= 0.3 is 5.97 Å². The molecule has 0 aliphatic carbocycles. The highest BCUT2D eigenvalue weighted by molar-refractivity contribution is 5.94. The molecule has 5 rings (SSSR count). The fourth-order valence-electron chi connectivity index (χ4n) is 3.97. The number of esters is 1. The Morgan fingerprint density at radius 3 is 2.61 bits per heavy atom. The Labute approximate surface area is 218 Å². The summed E-state index contributed by atoms with van der Waals surface area (Å²) in [4.78, 5) is 16.9. The van der Waals surface area contributed by atoms with Gasteiger partial charge in [0.1, 0.15) is 28.8 Å². The maximum Gasteiger partial charge on any atom is 0.330 e. The van der Waals surface area contributed by atoms with Crippen LogP contribution < -0.4 is 18.9 Å². The topological polar surface area (TPSA) is 113 Å². The van der Waals surface area contributed by atoms with E-state index in [1.807, 2.05) is 12.1 Å². The van der Waals surface area contributed by atoms with Crippen molar-refractivity contribution >= 4 is 12.0 Å². The van der Waals surface area contributed by atoms with Crippen LogP contribution in [0.3, 0.4) is 0 Å². The molecule has 190 valence electrons. The lowest BCUT2D eigenvalue weighted by Crippen LogP contribution is -2.03. The van der Waals surface area contributed by atoms with Crippen LogP contribution in [0, 0.1) is 11.3 Å². The van der Waals surface area contributed by atoms with E-state index in [0.717, 1.165) is 0 Å². The number of furan rings is 1. The van der Waals surface area contributed by atoms with Crippen LogP contribution in [0.15, 0.2) is 71.4 Å². The molecule has 38 heavy (non-hydrogen) atoms. The lowest BCUT2D eigenvalue weighted by Gasteiger charge is -2.17. The van der Waals surface area contributed by atoms with Crippen LogP contribution in [-0.2, 0) is 9.53 Å². The highest BCUT2D eigenvalue weighted by Gasteiger charge is 2.24. The minimum atomic E-state index is -0.530. The summed E-state index contributed by atoms with van der Waals surface area (Å²) in [5.41, 5.74) is 2.18. The SMILES string of the molecule is CCOC(=O)C=Cc1c(-c2ccco2)nc(Oc2ccc3c(c2)OCO3)c(C#N)c1-c1ccc(OC)cc1. The second kappa shape index (κ2) is 10.8. The Bertz CT molecular complexity index is 1530. The van der Waals surface area contributed by atoms with Crippen LogP contribution in [0.5, 0.6) is 28.9 Å². The number of hydrogen-bond acceptors (Lipinski definition) is 9. The maximum atomic E-state index is 12.2. The number of benzene rings is 2. The van der Waals surface area contributed by atoms with Gasteiger partial charge in [-0.15, -0.1) is 0 Å². The normalized spacial score (nSPS) is 11.8.